The van der Waals surface area contributed by atoms with Crippen LogP contribution in [-0.2, 0) is 0 Å². The molecule has 0 bridgehead atoms. The van der Waals surface area contributed by atoms with Gasteiger partial charge in [0.15, 0.2) is 0 Å². The summed E-state index contributed by atoms with van der Waals surface area (Å²) < 4.78 is 0. The number of benzene rings is 1. The smallest absolute Gasteiger partial charge is 0.0970 e. The highest BCUT2D eigenvalue weighted by molar-refractivity contribution is 7.10. The summed E-state index contributed by atoms with van der Waals surface area (Å²) in [6, 6.07) is 15.2. The van der Waals surface area contributed by atoms with Crippen LogP contribution >= 0.6 is 11.3 Å². The fraction of sp³-hybridized carbons (Fsp3) is 0.389. The number of hydrogen-bond donors (Lipinski definition) is 1. The van der Waals surface area contributed by atoms with Crippen molar-refractivity contribution in [3.63, 3.8) is 0 Å². The predicted octanol–water partition coefficient (Wildman–Crippen LogP) is 4.79. The fourth-order valence-corrected chi connectivity index (χ4v) is 3.56. The molecule has 0 amide bonds. The van der Waals surface area contributed by atoms with E-state index in [2.05, 4.69) is 53.2 Å². The number of hydrogen-bond acceptors (Lipinski definition) is 3. The third kappa shape index (κ3) is 3.94. The Morgan fingerprint density at radius 2 is 1.81 bits per heavy atom. The van der Waals surface area contributed by atoms with Gasteiger partial charge in [-0.15, -0.1) is 11.3 Å². The zero-order chi connectivity index (χ0) is 14.3. The Hall–Kier alpha value is -1.61. The summed E-state index contributed by atoms with van der Waals surface area (Å²) in [5.41, 5.74) is 1.31. The first kappa shape index (κ1) is 14.3. The van der Waals surface area contributed by atoms with Gasteiger partial charge in [0.1, 0.15) is 0 Å². The van der Waals surface area contributed by atoms with Gasteiger partial charge in [0, 0.05) is 17.8 Å². The zero-order valence-electron chi connectivity index (χ0n) is 12.3. The second kappa shape index (κ2) is 7.41. The van der Waals surface area contributed by atoms with Gasteiger partial charge in [0.05, 0.1) is 11.9 Å². The minimum Gasteiger partial charge on any atom is -0.362 e. The van der Waals surface area contributed by atoms with Gasteiger partial charge in [-0.05, 0) is 29.9 Å². The number of amidine groups is 1. The van der Waals surface area contributed by atoms with E-state index in [1.54, 1.807) is 11.3 Å². The molecule has 3 heteroatoms. The van der Waals surface area contributed by atoms with Gasteiger partial charge >= 0.3 is 0 Å². The number of thiophene rings is 1. The number of nitrogens with zero attached hydrogens (tertiary/aromatic N) is 1. The second-order valence-electron chi connectivity index (χ2n) is 5.50. The molecular formula is C18H22N2S. The van der Waals surface area contributed by atoms with Crippen LogP contribution in [0.4, 0.5) is 0 Å². The monoisotopic (exact) mass is 298 g/mol. The molecule has 0 saturated heterocycles. The van der Waals surface area contributed by atoms with E-state index >= 15 is 0 Å². The lowest BCUT2D eigenvalue weighted by molar-refractivity contribution is 0.626. The van der Waals surface area contributed by atoms with Gasteiger partial charge in [-0.1, -0.05) is 49.2 Å². The van der Waals surface area contributed by atoms with Crippen molar-refractivity contribution in [2.24, 2.45) is 4.99 Å². The highest BCUT2D eigenvalue weighted by Gasteiger charge is 2.16. The lowest BCUT2D eigenvalue weighted by atomic mass is 10.0. The average molecular weight is 298 g/mol. The minimum atomic E-state index is 0.226. The summed E-state index contributed by atoms with van der Waals surface area (Å²) >= 11 is 1.81. The van der Waals surface area contributed by atoms with Crippen molar-refractivity contribution < 1.29 is 0 Å². The minimum absolute atomic E-state index is 0.226. The van der Waals surface area contributed by atoms with Gasteiger partial charge in [-0.2, -0.15) is 0 Å². The summed E-state index contributed by atoms with van der Waals surface area (Å²) in [5.74, 6) is 1.18. The van der Waals surface area contributed by atoms with Crippen molar-refractivity contribution >= 4 is 17.2 Å². The summed E-state index contributed by atoms with van der Waals surface area (Å²) in [4.78, 5) is 6.12. The molecule has 0 fully saturated rings. The molecule has 110 valence electrons. The van der Waals surface area contributed by atoms with Gasteiger partial charge < -0.3 is 5.32 Å². The molecular weight excluding hydrogens is 276 g/mol. The van der Waals surface area contributed by atoms with Crippen LogP contribution < -0.4 is 5.32 Å². The van der Waals surface area contributed by atoms with Gasteiger partial charge in [-0.25, -0.2) is 0 Å². The summed E-state index contributed by atoms with van der Waals surface area (Å²) in [6.07, 6.45) is 6.20. The first-order valence-corrected chi connectivity index (χ1v) is 8.69. The van der Waals surface area contributed by atoms with E-state index in [1.165, 1.54) is 42.0 Å². The van der Waals surface area contributed by atoms with E-state index in [9.17, 15) is 0 Å². The largest absolute Gasteiger partial charge is 0.362 e. The quantitative estimate of drug-likeness (QED) is 0.865. The molecule has 1 aromatic carbocycles. The van der Waals surface area contributed by atoms with Gasteiger partial charge in [-0.3, -0.25) is 4.99 Å². The number of rotatable bonds is 3. The van der Waals surface area contributed by atoms with E-state index < -0.39 is 0 Å². The van der Waals surface area contributed by atoms with E-state index in [0.717, 1.165) is 13.0 Å². The highest BCUT2D eigenvalue weighted by Crippen LogP contribution is 2.26. The maximum absolute atomic E-state index is 4.77. The molecule has 1 unspecified atom stereocenters. The molecule has 1 aliphatic rings. The van der Waals surface area contributed by atoms with Crippen molar-refractivity contribution in [1.29, 1.82) is 0 Å². The predicted molar refractivity (Wildman–Crippen MR) is 91.1 cm³/mol. The molecule has 2 heterocycles. The molecule has 2 nitrogen and oxygen atoms in total. The first-order chi connectivity index (χ1) is 10.4. The maximum atomic E-state index is 4.77. The van der Waals surface area contributed by atoms with E-state index in [-0.39, 0.29) is 6.04 Å². The standard InChI is InChI=1S/C18H22N2S/c1-2-7-13-19-17(12-6-1)20-18(16-11-8-14-21-16)15-9-4-3-5-10-15/h3-5,8-11,14,18H,1-2,6-7,12-13H2,(H,19,20). The van der Waals surface area contributed by atoms with Crippen molar-refractivity contribution in [2.45, 2.75) is 38.1 Å². The van der Waals surface area contributed by atoms with Crippen LogP contribution in [0.15, 0.2) is 52.8 Å². The Morgan fingerprint density at radius 1 is 0.952 bits per heavy atom. The lowest BCUT2D eigenvalue weighted by Crippen LogP contribution is -2.29. The zero-order valence-corrected chi connectivity index (χ0v) is 13.1. The Balaban J connectivity index is 1.82. The topological polar surface area (TPSA) is 24.4 Å². The summed E-state index contributed by atoms with van der Waals surface area (Å²) in [7, 11) is 0. The molecule has 1 atom stereocenters. The molecule has 1 aliphatic heterocycles. The molecule has 0 radical (unpaired) electrons. The van der Waals surface area contributed by atoms with Crippen molar-refractivity contribution in [3.8, 4) is 0 Å². The lowest BCUT2D eigenvalue weighted by Gasteiger charge is -2.21. The first-order valence-electron chi connectivity index (χ1n) is 7.82. The Bertz CT molecular complexity index is 560. The molecule has 2 aromatic rings. The molecule has 21 heavy (non-hydrogen) atoms. The Morgan fingerprint density at radius 3 is 2.62 bits per heavy atom. The van der Waals surface area contributed by atoms with Crippen LogP contribution in [0.2, 0.25) is 0 Å². The molecule has 0 spiro atoms. The van der Waals surface area contributed by atoms with Gasteiger partial charge in [0.2, 0.25) is 0 Å². The molecule has 1 aromatic heterocycles. The van der Waals surface area contributed by atoms with Crippen LogP contribution in [0.1, 0.15) is 48.6 Å². The third-order valence-corrected chi connectivity index (χ3v) is 4.83. The van der Waals surface area contributed by atoms with Crippen LogP contribution in [-0.4, -0.2) is 12.4 Å². The molecule has 1 N–H and O–H groups in total. The fourth-order valence-electron chi connectivity index (χ4n) is 2.76. The molecule has 0 aliphatic carbocycles. The van der Waals surface area contributed by atoms with Gasteiger partial charge in [0.25, 0.3) is 0 Å². The van der Waals surface area contributed by atoms with Crippen molar-refractivity contribution in [3.05, 3.63) is 58.3 Å². The Labute approximate surface area is 130 Å². The maximum Gasteiger partial charge on any atom is 0.0970 e. The van der Waals surface area contributed by atoms with Crippen LogP contribution in [0.25, 0.3) is 0 Å². The summed E-state index contributed by atoms with van der Waals surface area (Å²) in [5, 5.41) is 5.85. The average Bonchev–Trinajstić information content (AvgIpc) is 3.01. The number of aliphatic imine (C=N–C) groups is 1. The summed E-state index contributed by atoms with van der Waals surface area (Å²) in [6.45, 7) is 0.967. The van der Waals surface area contributed by atoms with Crippen molar-refractivity contribution in [1.82, 2.24) is 5.32 Å². The SMILES string of the molecule is c1ccc(C(NC2=NCCCCCC2)c2cccs2)cc1. The van der Waals surface area contributed by atoms with Crippen LogP contribution in [0.3, 0.4) is 0 Å². The number of nitrogens with one attached hydrogen (secondary N) is 1. The van der Waals surface area contributed by atoms with E-state index in [0.29, 0.717) is 0 Å². The second-order valence-corrected chi connectivity index (χ2v) is 6.48. The molecule has 3 rings (SSSR count). The van der Waals surface area contributed by atoms with Crippen molar-refractivity contribution in [2.75, 3.05) is 6.54 Å². The highest BCUT2D eigenvalue weighted by atomic mass is 32.1. The normalized spacial score (nSPS) is 17.4. The Kier molecular flexibility index (Phi) is 5.06. The van der Waals surface area contributed by atoms with E-state index in [1.807, 2.05) is 0 Å². The third-order valence-electron chi connectivity index (χ3n) is 3.90. The van der Waals surface area contributed by atoms with E-state index in [4.69, 9.17) is 4.99 Å². The molecule has 0 saturated carbocycles. The van der Waals surface area contributed by atoms with Crippen LogP contribution in [0.5, 0.6) is 0 Å². The van der Waals surface area contributed by atoms with Crippen LogP contribution in [0, 0.1) is 0 Å².